The summed E-state index contributed by atoms with van der Waals surface area (Å²) in [5.41, 5.74) is 3.54. The second-order valence-corrected chi connectivity index (χ2v) is 10.3. The number of hydrogen-bond acceptors (Lipinski definition) is 6. The van der Waals surface area contributed by atoms with Crippen LogP contribution in [0.2, 0.25) is 0 Å². The number of ether oxygens (including phenoxy) is 1. The second kappa shape index (κ2) is 10.4. The Kier molecular flexibility index (Phi) is 7.28. The minimum atomic E-state index is -3.84. The number of nitrogens with zero attached hydrogens (tertiary/aromatic N) is 2. The summed E-state index contributed by atoms with van der Waals surface area (Å²) >= 11 is 0. The summed E-state index contributed by atoms with van der Waals surface area (Å²) in [5, 5.41) is 2.93. The van der Waals surface area contributed by atoms with E-state index in [4.69, 9.17) is 4.74 Å². The molecule has 8 nitrogen and oxygen atoms in total. The third kappa shape index (κ3) is 5.75. The van der Waals surface area contributed by atoms with Crippen LogP contribution in [-0.4, -0.2) is 59.6 Å². The number of piperazine rings is 1. The fourth-order valence-electron chi connectivity index (χ4n) is 3.96. The number of likely N-dealkylation sites (N-methyl/N-ethyl adjacent to an activating group) is 1. The van der Waals surface area contributed by atoms with Crippen LogP contribution in [0.5, 0.6) is 5.75 Å². The number of benzene rings is 3. The van der Waals surface area contributed by atoms with E-state index < -0.39 is 10.0 Å². The van der Waals surface area contributed by atoms with Crippen LogP contribution >= 0.6 is 0 Å². The lowest BCUT2D eigenvalue weighted by Gasteiger charge is -2.34. The van der Waals surface area contributed by atoms with E-state index in [0.29, 0.717) is 17.0 Å². The zero-order valence-corrected chi connectivity index (χ0v) is 20.9. The number of methoxy groups -OCH3 is 1. The maximum atomic E-state index is 12.8. The summed E-state index contributed by atoms with van der Waals surface area (Å²) in [7, 11) is -0.243. The molecule has 0 aliphatic carbocycles. The number of anilines is 3. The van der Waals surface area contributed by atoms with Crippen molar-refractivity contribution in [3.8, 4) is 5.75 Å². The van der Waals surface area contributed by atoms with Gasteiger partial charge in [-0.05, 0) is 74.1 Å². The van der Waals surface area contributed by atoms with E-state index in [1.807, 2.05) is 19.1 Å². The molecular weight excluding hydrogens is 464 g/mol. The van der Waals surface area contributed by atoms with Gasteiger partial charge in [-0.2, -0.15) is 0 Å². The first-order chi connectivity index (χ1) is 16.8. The highest BCUT2D eigenvalue weighted by molar-refractivity contribution is 7.92. The number of carbonyl (C=O) groups excluding carboxylic acids is 1. The summed E-state index contributed by atoms with van der Waals surface area (Å²) < 4.78 is 33.3. The van der Waals surface area contributed by atoms with Crippen molar-refractivity contribution in [2.45, 2.75) is 11.8 Å². The molecular formula is C26H30N4O4S. The molecule has 1 fully saturated rings. The van der Waals surface area contributed by atoms with Gasteiger partial charge < -0.3 is 19.9 Å². The van der Waals surface area contributed by atoms with Crippen molar-refractivity contribution in [3.63, 3.8) is 0 Å². The van der Waals surface area contributed by atoms with Gasteiger partial charge in [0.1, 0.15) is 5.75 Å². The number of sulfonamides is 1. The third-order valence-corrected chi connectivity index (χ3v) is 7.49. The molecule has 2 N–H and O–H groups in total. The van der Waals surface area contributed by atoms with Crippen molar-refractivity contribution in [1.82, 2.24) is 4.90 Å². The average molecular weight is 495 g/mol. The van der Waals surface area contributed by atoms with Gasteiger partial charge in [0.05, 0.1) is 17.7 Å². The molecule has 1 aliphatic rings. The molecule has 0 bridgehead atoms. The highest BCUT2D eigenvalue weighted by atomic mass is 32.2. The van der Waals surface area contributed by atoms with Crippen LogP contribution in [0.25, 0.3) is 0 Å². The lowest BCUT2D eigenvalue weighted by molar-refractivity contribution is 0.102. The van der Waals surface area contributed by atoms with Crippen molar-refractivity contribution >= 4 is 33.0 Å². The quantitative estimate of drug-likeness (QED) is 0.519. The molecule has 0 atom stereocenters. The number of rotatable bonds is 7. The lowest BCUT2D eigenvalue weighted by atomic mass is 10.1. The van der Waals surface area contributed by atoms with E-state index in [9.17, 15) is 13.2 Å². The van der Waals surface area contributed by atoms with E-state index in [-0.39, 0.29) is 10.8 Å². The normalized spacial score (nSPS) is 14.4. The smallest absolute Gasteiger partial charge is 0.262 e. The zero-order chi connectivity index (χ0) is 25.0. The highest BCUT2D eigenvalue weighted by Gasteiger charge is 2.18. The number of amides is 1. The van der Waals surface area contributed by atoms with Gasteiger partial charge in [0.15, 0.2) is 0 Å². The Balaban J connectivity index is 1.43. The summed E-state index contributed by atoms with van der Waals surface area (Å²) in [6, 6.07) is 18.6. The molecule has 0 radical (unpaired) electrons. The molecule has 9 heteroatoms. The fraction of sp³-hybridized carbons (Fsp3) is 0.269. The highest BCUT2D eigenvalue weighted by Crippen LogP contribution is 2.27. The van der Waals surface area contributed by atoms with Gasteiger partial charge in [0.25, 0.3) is 15.9 Å². The topological polar surface area (TPSA) is 91.0 Å². The lowest BCUT2D eigenvalue weighted by Crippen LogP contribution is -2.44. The average Bonchev–Trinajstić information content (AvgIpc) is 2.86. The van der Waals surface area contributed by atoms with Crippen molar-refractivity contribution in [1.29, 1.82) is 0 Å². The molecule has 0 saturated carbocycles. The molecule has 0 aromatic heterocycles. The third-order valence-electron chi connectivity index (χ3n) is 6.10. The maximum absolute atomic E-state index is 12.8. The Morgan fingerprint density at radius 1 is 0.914 bits per heavy atom. The van der Waals surface area contributed by atoms with Crippen LogP contribution in [0.4, 0.5) is 17.1 Å². The van der Waals surface area contributed by atoms with Gasteiger partial charge in [-0.15, -0.1) is 0 Å². The molecule has 184 valence electrons. The first-order valence-corrected chi connectivity index (χ1v) is 12.9. The van der Waals surface area contributed by atoms with Gasteiger partial charge in [0.2, 0.25) is 0 Å². The van der Waals surface area contributed by atoms with Crippen LogP contribution in [0.15, 0.2) is 71.6 Å². The zero-order valence-electron chi connectivity index (χ0n) is 20.1. The molecule has 3 aromatic carbocycles. The Labute approximate surface area is 206 Å². The van der Waals surface area contributed by atoms with Crippen LogP contribution < -0.4 is 19.7 Å². The van der Waals surface area contributed by atoms with E-state index in [1.165, 1.54) is 31.4 Å². The SMILES string of the molecule is COc1ccccc1NS(=O)(=O)c1ccc(C(=O)Nc2ccc(N3CCN(C)CC3)cc2C)cc1. The largest absolute Gasteiger partial charge is 0.495 e. The van der Waals surface area contributed by atoms with E-state index >= 15 is 0 Å². The van der Waals surface area contributed by atoms with Gasteiger partial charge in [0, 0.05) is 43.1 Å². The molecule has 0 spiro atoms. The molecule has 1 saturated heterocycles. The molecule has 3 aromatic rings. The van der Waals surface area contributed by atoms with Crippen LogP contribution in [0.1, 0.15) is 15.9 Å². The van der Waals surface area contributed by atoms with Gasteiger partial charge in [-0.25, -0.2) is 8.42 Å². The van der Waals surface area contributed by atoms with Crippen LogP contribution in [0, 0.1) is 6.92 Å². The standard InChI is InChI=1S/C26H30N4O4S/c1-19-18-21(30-16-14-29(2)15-17-30)10-13-23(19)27-26(31)20-8-11-22(12-9-20)35(32,33)28-24-6-4-5-7-25(24)34-3/h4-13,18,28H,14-17H2,1-3H3,(H,27,31). The van der Waals surface area contributed by atoms with E-state index in [1.54, 1.807) is 24.3 Å². The number of carbonyl (C=O) groups is 1. The Hall–Kier alpha value is -3.56. The number of hydrogen-bond donors (Lipinski definition) is 2. The predicted octanol–water partition coefficient (Wildman–Crippen LogP) is 3.81. The van der Waals surface area contributed by atoms with Crippen LogP contribution in [-0.2, 0) is 10.0 Å². The van der Waals surface area contributed by atoms with E-state index in [2.05, 4.69) is 33.0 Å². The first kappa shape index (κ1) is 24.6. The summed E-state index contributed by atoms with van der Waals surface area (Å²) in [5.74, 6) is 0.114. The summed E-state index contributed by atoms with van der Waals surface area (Å²) in [6.07, 6.45) is 0. The minimum Gasteiger partial charge on any atom is -0.495 e. The molecule has 1 heterocycles. The van der Waals surface area contributed by atoms with Crippen molar-refractivity contribution in [2.24, 2.45) is 0 Å². The fourth-order valence-corrected chi connectivity index (χ4v) is 5.03. The summed E-state index contributed by atoms with van der Waals surface area (Å²) in [6.45, 7) is 5.97. The predicted molar refractivity (Wildman–Crippen MR) is 139 cm³/mol. The number of aryl methyl sites for hydroxylation is 1. The van der Waals surface area contributed by atoms with Crippen LogP contribution in [0.3, 0.4) is 0 Å². The van der Waals surface area contributed by atoms with Gasteiger partial charge in [-0.3, -0.25) is 9.52 Å². The van der Waals surface area contributed by atoms with Crippen molar-refractivity contribution < 1.29 is 17.9 Å². The molecule has 1 amide bonds. The minimum absolute atomic E-state index is 0.0488. The molecule has 1 aliphatic heterocycles. The van der Waals surface area contributed by atoms with E-state index in [0.717, 1.165) is 43.1 Å². The Bertz CT molecular complexity index is 1300. The monoisotopic (exact) mass is 494 g/mol. The number of nitrogens with one attached hydrogen (secondary N) is 2. The summed E-state index contributed by atoms with van der Waals surface area (Å²) in [4.78, 5) is 17.5. The molecule has 35 heavy (non-hydrogen) atoms. The van der Waals surface area contributed by atoms with Crippen molar-refractivity contribution in [2.75, 3.05) is 55.3 Å². The molecule has 0 unspecified atom stereocenters. The number of para-hydroxylation sites is 2. The molecule has 4 rings (SSSR count). The first-order valence-electron chi connectivity index (χ1n) is 11.4. The second-order valence-electron chi connectivity index (χ2n) is 8.57. The Morgan fingerprint density at radius 3 is 2.26 bits per heavy atom. The Morgan fingerprint density at radius 2 is 1.60 bits per heavy atom. The maximum Gasteiger partial charge on any atom is 0.262 e. The van der Waals surface area contributed by atoms with Gasteiger partial charge in [-0.1, -0.05) is 12.1 Å². The van der Waals surface area contributed by atoms with Crippen molar-refractivity contribution in [3.05, 3.63) is 77.9 Å². The van der Waals surface area contributed by atoms with Gasteiger partial charge >= 0.3 is 0 Å².